The summed E-state index contributed by atoms with van der Waals surface area (Å²) in [5.41, 5.74) is 2.36. The van der Waals surface area contributed by atoms with Gasteiger partial charge in [0, 0.05) is 22.9 Å². The van der Waals surface area contributed by atoms with E-state index in [0.717, 1.165) is 6.07 Å². The average Bonchev–Trinajstić information content (AvgIpc) is 2.72. The van der Waals surface area contributed by atoms with Gasteiger partial charge in [0.25, 0.3) is 11.8 Å². The van der Waals surface area contributed by atoms with Crippen molar-refractivity contribution >= 4 is 11.8 Å². The SMILES string of the molecule is O=C(NNC(=O)c1ccc([O-])c(C(F)(F)F)c1)c1ccc(Oc2cccnc2)cc1. The lowest BCUT2D eigenvalue weighted by Gasteiger charge is -2.17. The van der Waals surface area contributed by atoms with E-state index in [0.29, 0.717) is 23.6 Å². The van der Waals surface area contributed by atoms with Crippen LogP contribution < -0.4 is 20.7 Å². The van der Waals surface area contributed by atoms with Crippen LogP contribution in [0.1, 0.15) is 26.3 Å². The minimum atomic E-state index is -4.89. The highest BCUT2D eigenvalue weighted by molar-refractivity contribution is 5.99. The van der Waals surface area contributed by atoms with Crippen LogP contribution in [0.5, 0.6) is 17.2 Å². The summed E-state index contributed by atoms with van der Waals surface area (Å²) in [5.74, 6) is -2.01. The van der Waals surface area contributed by atoms with Gasteiger partial charge in [-0.3, -0.25) is 25.4 Å². The third-order valence-electron chi connectivity index (χ3n) is 3.82. The van der Waals surface area contributed by atoms with E-state index in [1.165, 1.54) is 30.5 Å². The highest BCUT2D eigenvalue weighted by Gasteiger charge is 2.31. The molecule has 3 rings (SSSR count). The zero-order chi connectivity index (χ0) is 21.7. The Morgan fingerprint density at radius 1 is 0.900 bits per heavy atom. The van der Waals surface area contributed by atoms with Crippen LogP contribution in [0.3, 0.4) is 0 Å². The molecule has 3 aromatic rings. The van der Waals surface area contributed by atoms with Crippen LogP contribution in [-0.4, -0.2) is 16.8 Å². The number of carbonyl (C=O) groups is 2. The zero-order valence-electron chi connectivity index (χ0n) is 15.1. The summed E-state index contributed by atoms with van der Waals surface area (Å²) in [5, 5.41) is 11.3. The molecule has 2 N–H and O–H groups in total. The molecule has 0 saturated heterocycles. The maximum Gasteiger partial charge on any atom is 0.415 e. The van der Waals surface area contributed by atoms with Crippen molar-refractivity contribution in [3.63, 3.8) is 0 Å². The van der Waals surface area contributed by atoms with Crippen LogP contribution in [0.2, 0.25) is 0 Å². The van der Waals surface area contributed by atoms with Crippen LogP contribution in [0.15, 0.2) is 67.0 Å². The molecule has 0 aliphatic rings. The highest BCUT2D eigenvalue weighted by Crippen LogP contribution is 2.34. The molecule has 0 spiro atoms. The van der Waals surface area contributed by atoms with Crippen molar-refractivity contribution in [1.82, 2.24) is 15.8 Å². The number of pyridine rings is 1. The summed E-state index contributed by atoms with van der Waals surface area (Å²) in [6.07, 6.45) is -1.79. The van der Waals surface area contributed by atoms with Crippen LogP contribution in [-0.2, 0) is 6.18 Å². The smallest absolute Gasteiger partial charge is 0.415 e. The lowest BCUT2D eigenvalue weighted by molar-refractivity contribution is -0.276. The minimum absolute atomic E-state index is 0.166. The van der Waals surface area contributed by atoms with Gasteiger partial charge in [0.2, 0.25) is 0 Å². The van der Waals surface area contributed by atoms with Crippen molar-refractivity contribution < 1.29 is 32.6 Å². The second kappa shape index (κ2) is 8.52. The van der Waals surface area contributed by atoms with Gasteiger partial charge in [-0.2, -0.15) is 13.2 Å². The van der Waals surface area contributed by atoms with E-state index in [2.05, 4.69) is 10.4 Å². The number of amides is 2. The van der Waals surface area contributed by atoms with Crippen LogP contribution in [0.25, 0.3) is 0 Å². The number of nitrogens with one attached hydrogen (secondary N) is 2. The summed E-state index contributed by atoms with van der Waals surface area (Å²) in [7, 11) is 0. The lowest BCUT2D eigenvalue weighted by atomic mass is 10.1. The van der Waals surface area contributed by atoms with Crippen molar-refractivity contribution in [3.8, 4) is 17.2 Å². The maximum atomic E-state index is 12.8. The Balaban J connectivity index is 1.61. The van der Waals surface area contributed by atoms with Gasteiger partial charge in [-0.15, -0.1) is 0 Å². The largest absolute Gasteiger partial charge is 0.872 e. The first-order chi connectivity index (χ1) is 14.2. The normalized spacial score (nSPS) is 10.9. The molecule has 0 aliphatic heterocycles. The molecule has 1 aromatic heterocycles. The Bertz CT molecular complexity index is 1060. The van der Waals surface area contributed by atoms with Gasteiger partial charge in [-0.1, -0.05) is 11.8 Å². The quantitative estimate of drug-likeness (QED) is 0.637. The number of ether oxygens (including phenoxy) is 1. The fraction of sp³-hybridized carbons (Fsp3) is 0.0500. The van der Waals surface area contributed by atoms with Crippen molar-refractivity contribution in [2.45, 2.75) is 6.18 Å². The molecule has 1 heterocycles. The molecular formula is C20H13F3N3O4-. The van der Waals surface area contributed by atoms with E-state index in [1.54, 1.807) is 18.3 Å². The number of nitrogens with zero attached hydrogens (tertiary/aromatic N) is 1. The molecule has 7 nitrogen and oxygen atoms in total. The summed E-state index contributed by atoms with van der Waals surface area (Å²) in [4.78, 5) is 28.0. The van der Waals surface area contributed by atoms with Gasteiger partial charge in [-0.05, 0) is 48.5 Å². The van der Waals surface area contributed by atoms with E-state index in [4.69, 9.17) is 4.74 Å². The first-order valence-corrected chi connectivity index (χ1v) is 8.41. The summed E-state index contributed by atoms with van der Waals surface area (Å²) in [6.45, 7) is 0. The van der Waals surface area contributed by atoms with Gasteiger partial charge in [-0.25, -0.2) is 0 Å². The molecular weight excluding hydrogens is 403 g/mol. The van der Waals surface area contributed by atoms with Crippen LogP contribution in [0, 0.1) is 0 Å². The molecule has 0 bridgehead atoms. The molecule has 154 valence electrons. The van der Waals surface area contributed by atoms with Gasteiger partial charge in [0.1, 0.15) is 11.5 Å². The predicted molar refractivity (Wildman–Crippen MR) is 96.6 cm³/mol. The number of halogens is 3. The zero-order valence-corrected chi connectivity index (χ0v) is 15.1. The number of benzene rings is 2. The van der Waals surface area contributed by atoms with Gasteiger partial charge >= 0.3 is 6.18 Å². The lowest BCUT2D eigenvalue weighted by Crippen LogP contribution is -2.41. The third-order valence-corrected chi connectivity index (χ3v) is 3.82. The second-order valence-electron chi connectivity index (χ2n) is 5.93. The number of alkyl halides is 3. The molecule has 0 radical (unpaired) electrons. The van der Waals surface area contributed by atoms with Gasteiger partial charge in [0.15, 0.2) is 0 Å². The van der Waals surface area contributed by atoms with Crippen molar-refractivity contribution in [2.24, 2.45) is 0 Å². The number of hydrazine groups is 1. The molecule has 2 aromatic carbocycles. The van der Waals surface area contributed by atoms with E-state index in [1.807, 2.05) is 5.43 Å². The molecule has 30 heavy (non-hydrogen) atoms. The fourth-order valence-electron chi connectivity index (χ4n) is 2.37. The number of rotatable bonds is 4. The summed E-state index contributed by atoms with van der Waals surface area (Å²) < 4.78 is 43.9. The number of aromatic nitrogens is 1. The molecule has 0 unspecified atom stereocenters. The molecule has 0 saturated carbocycles. The van der Waals surface area contributed by atoms with E-state index >= 15 is 0 Å². The second-order valence-corrected chi connectivity index (χ2v) is 5.93. The van der Waals surface area contributed by atoms with E-state index in [-0.39, 0.29) is 5.56 Å². The van der Waals surface area contributed by atoms with E-state index in [9.17, 15) is 27.9 Å². The van der Waals surface area contributed by atoms with Crippen LogP contribution >= 0.6 is 0 Å². The molecule has 0 fully saturated rings. The average molecular weight is 416 g/mol. The Morgan fingerprint density at radius 2 is 1.53 bits per heavy atom. The molecule has 10 heteroatoms. The summed E-state index contributed by atoms with van der Waals surface area (Å²) >= 11 is 0. The Kier molecular flexibility index (Phi) is 5.86. The maximum absolute atomic E-state index is 12.8. The number of hydrogen-bond acceptors (Lipinski definition) is 5. The van der Waals surface area contributed by atoms with Crippen molar-refractivity contribution in [1.29, 1.82) is 0 Å². The molecule has 2 amide bonds. The minimum Gasteiger partial charge on any atom is -0.872 e. The Hall–Kier alpha value is -4.08. The first-order valence-electron chi connectivity index (χ1n) is 8.41. The summed E-state index contributed by atoms with van der Waals surface area (Å²) in [6, 6.07) is 11.3. The predicted octanol–water partition coefficient (Wildman–Crippen LogP) is 3.04. The Morgan fingerprint density at radius 3 is 2.13 bits per heavy atom. The first kappa shape index (κ1) is 20.6. The highest BCUT2D eigenvalue weighted by atomic mass is 19.4. The third kappa shape index (κ3) is 5.04. The standard InChI is InChI=1S/C20H14F3N3O4/c21-20(22,23)16-10-13(5-8-17(16)27)19(29)26-25-18(28)12-3-6-14(7-4-12)30-15-2-1-9-24-11-15/h1-11,27H,(H,25,28)(H,26,29)/p-1. The van der Waals surface area contributed by atoms with Gasteiger partial charge in [0.05, 0.1) is 6.20 Å². The van der Waals surface area contributed by atoms with Crippen molar-refractivity contribution in [3.05, 3.63) is 83.7 Å². The molecule has 0 atom stereocenters. The topological polar surface area (TPSA) is 103 Å². The van der Waals surface area contributed by atoms with E-state index < -0.39 is 34.9 Å². The van der Waals surface area contributed by atoms with Crippen LogP contribution in [0.4, 0.5) is 13.2 Å². The number of hydrogen-bond donors (Lipinski definition) is 2. The van der Waals surface area contributed by atoms with Crippen molar-refractivity contribution in [2.75, 3.05) is 0 Å². The Labute approximate surface area is 168 Å². The molecule has 0 aliphatic carbocycles. The van der Waals surface area contributed by atoms with Gasteiger partial charge < -0.3 is 9.84 Å². The fourth-order valence-corrected chi connectivity index (χ4v) is 2.37. The monoisotopic (exact) mass is 416 g/mol. The number of carbonyl (C=O) groups excluding carboxylic acids is 2.